The molecule has 0 bridgehead atoms. The molecule has 0 aliphatic heterocycles. The molecule has 0 heterocycles. The lowest BCUT2D eigenvalue weighted by Gasteiger charge is -2.06. The number of nitrogens with zero attached hydrogens (tertiary/aromatic N) is 2. The Balaban J connectivity index is 2.06. The molecule has 2 N–H and O–H groups in total. The molecule has 0 radical (unpaired) electrons. The van der Waals surface area contributed by atoms with Gasteiger partial charge in [0.25, 0.3) is 5.69 Å². The summed E-state index contributed by atoms with van der Waals surface area (Å²) in [5.74, 6) is 1.28. The van der Waals surface area contributed by atoms with Gasteiger partial charge in [-0.25, -0.2) is 4.99 Å². The zero-order valence-corrected chi connectivity index (χ0v) is 13.7. The van der Waals surface area contributed by atoms with E-state index in [0.29, 0.717) is 16.5 Å². The summed E-state index contributed by atoms with van der Waals surface area (Å²) in [5, 5.41) is 11.3. The highest BCUT2D eigenvalue weighted by Gasteiger charge is 2.13. The number of rotatable bonds is 5. The predicted octanol–water partition coefficient (Wildman–Crippen LogP) is 3.79. The van der Waals surface area contributed by atoms with Gasteiger partial charge in [-0.2, -0.15) is 0 Å². The predicted molar refractivity (Wildman–Crippen MR) is 93.4 cm³/mol. The molecule has 0 aliphatic rings. The molecular weight excluding hydrogens is 314 g/mol. The number of nitrogens with two attached hydrogens (primary N) is 1. The number of benzene rings is 2. The molecule has 0 fully saturated rings. The van der Waals surface area contributed by atoms with Gasteiger partial charge in [-0.3, -0.25) is 10.1 Å². The molecule has 0 spiro atoms. The van der Waals surface area contributed by atoms with Crippen LogP contribution in [0.2, 0.25) is 0 Å². The summed E-state index contributed by atoms with van der Waals surface area (Å²) in [6.45, 7) is 1.74. The number of hydrogen-bond donors (Lipinski definition) is 1. The Kier molecular flexibility index (Phi) is 5.59. The van der Waals surface area contributed by atoms with Gasteiger partial charge in [0.2, 0.25) is 0 Å². The van der Waals surface area contributed by atoms with Crippen LogP contribution >= 0.6 is 11.8 Å². The van der Waals surface area contributed by atoms with Gasteiger partial charge in [-0.15, -0.1) is 0 Å². The molecule has 0 saturated heterocycles. The van der Waals surface area contributed by atoms with Crippen molar-refractivity contribution in [3.63, 3.8) is 0 Å². The number of ether oxygens (including phenoxy) is 1. The number of thioether (sulfide) groups is 1. The lowest BCUT2D eigenvalue weighted by Crippen LogP contribution is -2.06. The number of nitro groups is 1. The first-order chi connectivity index (χ1) is 11.0. The Labute approximate surface area is 138 Å². The van der Waals surface area contributed by atoms with Crippen LogP contribution in [0.25, 0.3) is 0 Å². The Morgan fingerprint density at radius 1 is 1.30 bits per heavy atom. The highest BCUT2D eigenvalue weighted by molar-refractivity contribution is 8.13. The SMILES string of the molecule is COc1ccc(N=C(N)SCc2cccc([N+](=O)[O-])c2C)cc1. The summed E-state index contributed by atoms with van der Waals surface area (Å²) in [6.07, 6.45) is 0. The topological polar surface area (TPSA) is 90.8 Å². The zero-order valence-electron chi connectivity index (χ0n) is 12.9. The summed E-state index contributed by atoms with van der Waals surface area (Å²) >= 11 is 1.34. The monoisotopic (exact) mass is 331 g/mol. The molecular formula is C16H17N3O3S. The molecule has 2 aromatic rings. The smallest absolute Gasteiger partial charge is 0.272 e. The average molecular weight is 331 g/mol. The summed E-state index contributed by atoms with van der Waals surface area (Å²) in [5.41, 5.74) is 8.29. The molecule has 0 atom stereocenters. The van der Waals surface area contributed by atoms with Crippen molar-refractivity contribution in [2.45, 2.75) is 12.7 Å². The lowest BCUT2D eigenvalue weighted by atomic mass is 10.1. The van der Waals surface area contributed by atoms with Gasteiger partial charge in [-0.1, -0.05) is 23.9 Å². The van der Waals surface area contributed by atoms with Crippen molar-refractivity contribution in [1.82, 2.24) is 0 Å². The molecule has 6 nitrogen and oxygen atoms in total. The van der Waals surface area contributed by atoms with Crippen LogP contribution in [0.15, 0.2) is 47.5 Å². The third kappa shape index (κ3) is 4.46. The standard InChI is InChI=1S/C16H17N3O3S/c1-11-12(4-3-5-15(11)19(20)21)10-23-16(17)18-13-6-8-14(22-2)9-7-13/h3-9H,10H2,1-2H3,(H2,17,18). The largest absolute Gasteiger partial charge is 0.497 e. The minimum atomic E-state index is -0.377. The first kappa shape index (κ1) is 16.8. The second-order valence-corrected chi connectivity index (χ2v) is 5.75. The van der Waals surface area contributed by atoms with Crippen LogP contribution in [0.3, 0.4) is 0 Å². The maximum absolute atomic E-state index is 10.9. The van der Waals surface area contributed by atoms with E-state index in [1.54, 1.807) is 20.1 Å². The Bertz CT molecular complexity index is 730. The molecule has 0 amide bonds. The van der Waals surface area contributed by atoms with Crippen LogP contribution in [-0.2, 0) is 5.75 Å². The van der Waals surface area contributed by atoms with Gasteiger partial charge in [0.1, 0.15) is 5.75 Å². The third-order valence-corrected chi connectivity index (χ3v) is 4.14. The van der Waals surface area contributed by atoms with Crippen molar-refractivity contribution in [2.75, 3.05) is 7.11 Å². The molecule has 0 aliphatic carbocycles. The van der Waals surface area contributed by atoms with Crippen molar-refractivity contribution in [3.8, 4) is 5.75 Å². The highest BCUT2D eigenvalue weighted by atomic mass is 32.2. The molecule has 2 aromatic carbocycles. The van der Waals surface area contributed by atoms with Gasteiger partial charge < -0.3 is 10.5 Å². The van der Waals surface area contributed by atoms with Gasteiger partial charge in [0.05, 0.1) is 17.7 Å². The Hall–Kier alpha value is -2.54. The lowest BCUT2D eigenvalue weighted by molar-refractivity contribution is -0.385. The summed E-state index contributed by atoms with van der Waals surface area (Å²) in [6, 6.07) is 12.3. The molecule has 0 saturated carbocycles. The van der Waals surface area contributed by atoms with E-state index in [9.17, 15) is 10.1 Å². The third-order valence-electron chi connectivity index (χ3n) is 3.30. The minimum absolute atomic E-state index is 0.119. The minimum Gasteiger partial charge on any atom is -0.497 e. The maximum Gasteiger partial charge on any atom is 0.272 e. The van der Waals surface area contributed by atoms with E-state index in [0.717, 1.165) is 17.0 Å². The zero-order chi connectivity index (χ0) is 16.8. The Morgan fingerprint density at radius 3 is 2.61 bits per heavy atom. The first-order valence-electron chi connectivity index (χ1n) is 6.85. The van der Waals surface area contributed by atoms with E-state index < -0.39 is 0 Å². The first-order valence-corrected chi connectivity index (χ1v) is 7.83. The normalized spacial score (nSPS) is 11.3. The molecule has 0 unspecified atom stereocenters. The van der Waals surface area contributed by atoms with Gasteiger partial charge in [0, 0.05) is 17.4 Å². The maximum atomic E-state index is 10.9. The van der Waals surface area contributed by atoms with Gasteiger partial charge >= 0.3 is 0 Å². The second-order valence-electron chi connectivity index (χ2n) is 4.76. The fraction of sp³-hybridized carbons (Fsp3) is 0.188. The number of nitro benzene ring substituents is 1. The van der Waals surface area contributed by atoms with E-state index in [1.165, 1.54) is 17.8 Å². The van der Waals surface area contributed by atoms with Crippen molar-refractivity contribution in [1.29, 1.82) is 0 Å². The molecule has 7 heteroatoms. The highest BCUT2D eigenvalue weighted by Crippen LogP contribution is 2.25. The van der Waals surface area contributed by atoms with E-state index >= 15 is 0 Å². The van der Waals surface area contributed by atoms with Crippen molar-refractivity contribution >= 4 is 28.3 Å². The van der Waals surface area contributed by atoms with Crippen LogP contribution < -0.4 is 10.5 Å². The van der Waals surface area contributed by atoms with Crippen molar-refractivity contribution in [3.05, 3.63) is 63.7 Å². The van der Waals surface area contributed by atoms with Crippen LogP contribution in [0.4, 0.5) is 11.4 Å². The van der Waals surface area contributed by atoms with Gasteiger partial charge in [-0.05, 0) is 36.8 Å². The van der Waals surface area contributed by atoms with E-state index in [-0.39, 0.29) is 10.6 Å². The van der Waals surface area contributed by atoms with Crippen LogP contribution in [-0.4, -0.2) is 17.2 Å². The quantitative estimate of drug-likeness (QED) is 0.389. The van der Waals surface area contributed by atoms with Crippen LogP contribution in [0, 0.1) is 17.0 Å². The number of hydrogen-bond acceptors (Lipinski definition) is 5. The van der Waals surface area contributed by atoms with Crippen LogP contribution in [0.1, 0.15) is 11.1 Å². The van der Waals surface area contributed by atoms with E-state index in [1.807, 2.05) is 30.3 Å². The number of amidine groups is 1. The van der Waals surface area contributed by atoms with Gasteiger partial charge in [0.15, 0.2) is 5.17 Å². The average Bonchev–Trinajstić information content (AvgIpc) is 2.54. The summed E-state index contributed by atoms with van der Waals surface area (Å²) in [7, 11) is 1.60. The van der Waals surface area contributed by atoms with E-state index in [2.05, 4.69) is 4.99 Å². The van der Waals surface area contributed by atoms with Crippen LogP contribution in [0.5, 0.6) is 5.75 Å². The fourth-order valence-electron chi connectivity index (χ4n) is 1.99. The molecule has 120 valence electrons. The summed E-state index contributed by atoms with van der Waals surface area (Å²) in [4.78, 5) is 14.9. The number of methoxy groups -OCH3 is 1. The van der Waals surface area contributed by atoms with Crippen molar-refractivity contribution in [2.24, 2.45) is 10.7 Å². The Morgan fingerprint density at radius 2 is 2.00 bits per heavy atom. The number of aliphatic imine (C=N–C) groups is 1. The molecule has 23 heavy (non-hydrogen) atoms. The fourth-order valence-corrected chi connectivity index (χ4v) is 2.78. The van der Waals surface area contributed by atoms with E-state index in [4.69, 9.17) is 10.5 Å². The van der Waals surface area contributed by atoms with Crippen molar-refractivity contribution < 1.29 is 9.66 Å². The second kappa shape index (κ2) is 7.64. The molecule has 2 rings (SSSR count). The summed E-state index contributed by atoms with van der Waals surface area (Å²) < 4.78 is 5.08. The molecule has 0 aromatic heterocycles.